The van der Waals surface area contributed by atoms with E-state index in [1.54, 1.807) is 6.92 Å². The van der Waals surface area contributed by atoms with Crippen molar-refractivity contribution in [2.45, 2.75) is 6.92 Å². The Balaban J connectivity index is 3.10. The lowest BCUT2D eigenvalue weighted by atomic mass is 10.1. The number of ether oxygens (including phenoxy) is 1. The second-order valence-corrected chi connectivity index (χ2v) is 2.57. The Kier molecular flexibility index (Phi) is 3.34. The third-order valence-corrected chi connectivity index (χ3v) is 1.64. The Morgan fingerprint density at radius 1 is 1.57 bits per heavy atom. The Labute approximate surface area is 80.5 Å². The molecule has 0 aliphatic carbocycles. The maximum absolute atomic E-state index is 12.8. The van der Waals surface area contributed by atoms with Crippen LogP contribution >= 0.6 is 0 Å². The molecule has 0 fully saturated rings. The van der Waals surface area contributed by atoms with E-state index in [9.17, 15) is 14.0 Å². The van der Waals surface area contributed by atoms with Crippen LogP contribution in [0.5, 0.6) is 0 Å². The number of hydrogen-bond donors (Lipinski definition) is 0. The smallest absolute Gasteiger partial charge is 0.338 e. The molecule has 74 valence electrons. The van der Waals surface area contributed by atoms with E-state index >= 15 is 0 Å². The maximum Gasteiger partial charge on any atom is 0.338 e. The van der Waals surface area contributed by atoms with Gasteiger partial charge >= 0.3 is 5.97 Å². The first-order valence-corrected chi connectivity index (χ1v) is 4.11. The molecule has 0 heterocycles. The van der Waals surface area contributed by atoms with Crippen LogP contribution in [0.2, 0.25) is 0 Å². The molecule has 0 bridgehead atoms. The molecule has 0 atom stereocenters. The molecule has 0 radical (unpaired) electrons. The van der Waals surface area contributed by atoms with Gasteiger partial charge in [-0.05, 0) is 25.1 Å². The molecule has 0 saturated heterocycles. The summed E-state index contributed by atoms with van der Waals surface area (Å²) < 4.78 is 17.4. The fourth-order valence-electron chi connectivity index (χ4n) is 1.02. The fraction of sp³-hybridized carbons (Fsp3) is 0.200. The van der Waals surface area contributed by atoms with Crippen molar-refractivity contribution in [3.8, 4) is 0 Å². The summed E-state index contributed by atoms with van der Waals surface area (Å²) >= 11 is 0. The third-order valence-electron chi connectivity index (χ3n) is 1.64. The summed E-state index contributed by atoms with van der Waals surface area (Å²) in [5, 5.41) is 0. The second kappa shape index (κ2) is 4.50. The highest BCUT2D eigenvalue weighted by atomic mass is 19.1. The van der Waals surface area contributed by atoms with Gasteiger partial charge in [0.2, 0.25) is 0 Å². The molecule has 0 aromatic heterocycles. The predicted molar refractivity (Wildman–Crippen MR) is 47.7 cm³/mol. The van der Waals surface area contributed by atoms with Crippen LogP contribution < -0.4 is 0 Å². The van der Waals surface area contributed by atoms with Gasteiger partial charge in [0.15, 0.2) is 6.29 Å². The van der Waals surface area contributed by atoms with Crippen molar-refractivity contribution in [2.75, 3.05) is 6.61 Å². The minimum absolute atomic E-state index is 0.0400. The highest BCUT2D eigenvalue weighted by molar-refractivity contribution is 5.98. The molecule has 3 nitrogen and oxygen atoms in total. The van der Waals surface area contributed by atoms with Gasteiger partial charge < -0.3 is 4.74 Å². The molecule has 0 saturated carbocycles. The maximum atomic E-state index is 12.8. The molecule has 0 N–H and O–H groups in total. The van der Waals surface area contributed by atoms with Crippen LogP contribution in [0.1, 0.15) is 27.6 Å². The van der Waals surface area contributed by atoms with Gasteiger partial charge in [-0.1, -0.05) is 0 Å². The number of carbonyl (C=O) groups is 2. The predicted octanol–water partition coefficient (Wildman–Crippen LogP) is 1.81. The van der Waals surface area contributed by atoms with Crippen molar-refractivity contribution in [2.24, 2.45) is 0 Å². The van der Waals surface area contributed by atoms with Crippen LogP contribution in [0.25, 0.3) is 0 Å². The number of esters is 1. The van der Waals surface area contributed by atoms with Crippen molar-refractivity contribution < 1.29 is 18.7 Å². The number of carbonyl (C=O) groups excluding carboxylic acids is 2. The lowest BCUT2D eigenvalue weighted by Crippen LogP contribution is -2.08. The van der Waals surface area contributed by atoms with Crippen LogP contribution in [0.4, 0.5) is 4.39 Å². The zero-order valence-electron chi connectivity index (χ0n) is 7.62. The number of rotatable bonds is 3. The van der Waals surface area contributed by atoms with Crippen LogP contribution in [-0.4, -0.2) is 18.9 Å². The Hall–Kier alpha value is -1.71. The first-order valence-electron chi connectivity index (χ1n) is 4.11. The topological polar surface area (TPSA) is 43.4 Å². The largest absolute Gasteiger partial charge is 0.462 e. The van der Waals surface area contributed by atoms with Crippen molar-refractivity contribution in [1.82, 2.24) is 0 Å². The summed E-state index contributed by atoms with van der Waals surface area (Å²) in [5.74, 6) is -1.26. The van der Waals surface area contributed by atoms with E-state index in [1.165, 1.54) is 6.07 Å². The van der Waals surface area contributed by atoms with Crippen LogP contribution in [0, 0.1) is 5.82 Å². The first-order chi connectivity index (χ1) is 6.69. The zero-order valence-corrected chi connectivity index (χ0v) is 7.62. The standard InChI is InChI=1S/C10H9FO3/c1-2-14-10(13)9-5-8(11)4-3-7(9)6-12/h3-6H,2H2,1H3. The average Bonchev–Trinajstić information content (AvgIpc) is 2.18. The normalized spacial score (nSPS) is 9.57. The molecule has 1 aromatic rings. The molecule has 1 aromatic carbocycles. The molecule has 4 heteroatoms. The van der Waals surface area contributed by atoms with E-state index in [0.717, 1.165) is 12.1 Å². The molecule has 0 aliphatic heterocycles. The number of hydrogen-bond acceptors (Lipinski definition) is 3. The van der Waals surface area contributed by atoms with E-state index in [-0.39, 0.29) is 17.7 Å². The van der Waals surface area contributed by atoms with E-state index in [1.807, 2.05) is 0 Å². The summed E-state index contributed by atoms with van der Waals surface area (Å²) in [6.45, 7) is 1.82. The molecule has 0 spiro atoms. The van der Waals surface area contributed by atoms with Gasteiger partial charge in [-0.15, -0.1) is 0 Å². The van der Waals surface area contributed by atoms with Crippen molar-refractivity contribution in [3.05, 3.63) is 35.1 Å². The molecule has 1 rings (SSSR count). The number of benzene rings is 1. The Morgan fingerprint density at radius 3 is 2.86 bits per heavy atom. The van der Waals surface area contributed by atoms with Crippen LogP contribution in [0.3, 0.4) is 0 Å². The second-order valence-electron chi connectivity index (χ2n) is 2.57. The lowest BCUT2D eigenvalue weighted by Gasteiger charge is -2.03. The molecular weight excluding hydrogens is 187 g/mol. The summed E-state index contributed by atoms with van der Waals surface area (Å²) in [6.07, 6.45) is 0.492. The minimum atomic E-state index is -0.686. The summed E-state index contributed by atoms with van der Waals surface area (Å²) in [6, 6.07) is 3.35. The monoisotopic (exact) mass is 196 g/mol. The average molecular weight is 196 g/mol. The first kappa shape index (κ1) is 10.4. The molecule has 14 heavy (non-hydrogen) atoms. The Bertz CT molecular complexity index is 360. The van der Waals surface area contributed by atoms with E-state index in [4.69, 9.17) is 0 Å². The Morgan fingerprint density at radius 2 is 2.29 bits per heavy atom. The SMILES string of the molecule is CCOC(=O)c1cc(F)ccc1C=O. The van der Waals surface area contributed by atoms with Crippen LogP contribution in [0.15, 0.2) is 18.2 Å². The summed E-state index contributed by atoms with van der Waals surface area (Å²) in [4.78, 5) is 21.7. The molecular formula is C10H9FO3. The van der Waals surface area contributed by atoms with Gasteiger partial charge in [-0.2, -0.15) is 0 Å². The van der Waals surface area contributed by atoms with Gasteiger partial charge in [0, 0.05) is 5.56 Å². The van der Waals surface area contributed by atoms with Crippen molar-refractivity contribution >= 4 is 12.3 Å². The van der Waals surface area contributed by atoms with Crippen molar-refractivity contribution in [1.29, 1.82) is 0 Å². The molecule has 0 unspecified atom stereocenters. The molecule has 0 aliphatic rings. The zero-order chi connectivity index (χ0) is 10.6. The van der Waals surface area contributed by atoms with Crippen molar-refractivity contribution in [3.63, 3.8) is 0 Å². The minimum Gasteiger partial charge on any atom is -0.462 e. The fourth-order valence-corrected chi connectivity index (χ4v) is 1.02. The van der Waals surface area contributed by atoms with Crippen LogP contribution in [-0.2, 0) is 4.74 Å². The van der Waals surface area contributed by atoms with E-state index < -0.39 is 11.8 Å². The van der Waals surface area contributed by atoms with E-state index in [2.05, 4.69) is 4.74 Å². The summed E-state index contributed by atoms with van der Waals surface area (Å²) in [5.41, 5.74) is 0.0895. The van der Waals surface area contributed by atoms with Gasteiger partial charge in [0.25, 0.3) is 0 Å². The lowest BCUT2D eigenvalue weighted by molar-refractivity contribution is 0.0523. The highest BCUT2D eigenvalue weighted by Crippen LogP contribution is 2.10. The third kappa shape index (κ3) is 2.16. The highest BCUT2D eigenvalue weighted by Gasteiger charge is 2.12. The quantitative estimate of drug-likeness (QED) is 0.547. The van der Waals surface area contributed by atoms with E-state index in [0.29, 0.717) is 6.29 Å². The van der Waals surface area contributed by atoms with Gasteiger partial charge in [-0.25, -0.2) is 9.18 Å². The van der Waals surface area contributed by atoms with Gasteiger partial charge in [0.1, 0.15) is 5.82 Å². The number of aldehydes is 1. The molecule has 0 amide bonds. The number of halogens is 1. The summed E-state index contributed by atoms with van der Waals surface area (Å²) in [7, 11) is 0. The van der Waals surface area contributed by atoms with Gasteiger partial charge in [0.05, 0.1) is 12.2 Å². The van der Waals surface area contributed by atoms with Gasteiger partial charge in [-0.3, -0.25) is 4.79 Å².